The number of amidine groups is 1. The molecular formula is C18H18F4N4O3S. The average molecular weight is 446 g/mol. The highest BCUT2D eigenvalue weighted by Crippen LogP contribution is 2.29. The molecule has 30 heavy (non-hydrogen) atoms. The minimum atomic E-state index is -4.59. The lowest BCUT2D eigenvalue weighted by Gasteiger charge is -2.15. The summed E-state index contributed by atoms with van der Waals surface area (Å²) < 4.78 is 75.4. The van der Waals surface area contributed by atoms with E-state index in [2.05, 4.69) is 15.3 Å². The van der Waals surface area contributed by atoms with Crippen molar-refractivity contribution in [3.05, 3.63) is 59.2 Å². The number of rotatable bonds is 6. The smallest absolute Gasteiger partial charge is 0.388 e. The second-order valence-corrected chi connectivity index (χ2v) is 8.68. The molecule has 162 valence electrons. The Morgan fingerprint density at radius 2 is 1.93 bits per heavy atom. The highest BCUT2D eigenvalue weighted by atomic mass is 32.2. The number of benzene rings is 1. The van der Waals surface area contributed by atoms with Gasteiger partial charge in [0.1, 0.15) is 21.3 Å². The molecule has 2 aromatic rings. The SMILES string of the molecule is CC(N)=NC(CS(C)(=O)=O)c1cc(NC(=O)c2ccc(C(F)(F)F)cn2)ccc1F. The van der Waals surface area contributed by atoms with E-state index in [0.29, 0.717) is 12.3 Å². The summed E-state index contributed by atoms with van der Waals surface area (Å²) in [6, 6.07) is 3.85. The zero-order valence-electron chi connectivity index (χ0n) is 15.9. The lowest BCUT2D eigenvalue weighted by Crippen LogP contribution is -2.18. The highest BCUT2D eigenvalue weighted by molar-refractivity contribution is 7.90. The lowest BCUT2D eigenvalue weighted by atomic mass is 10.1. The predicted octanol–water partition coefficient (Wildman–Crippen LogP) is 2.95. The fourth-order valence-electron chi connectivity index (χ4n) is 2.50. The van der Waals surface area contributed by atoms with Gasteiger partial charge in [0.05, 0.1) is 23.2 Å². The number of halogens is 4. The number of aromatic nitrogens is 1. The number of hydrogen-bond donors (Lipinski definition) is 2. The lowest BCUT2D eigenvalue weighted by molar-refractivity contribution is -0.137. The van der Waals surface area contributed by atoms with Crippen molar-refractivity contribution < 1.29 is 30.8 Å². The Bertz CT molecular complexity index is 1060. The van der Waals surface area contributed by atoms with Gasteiger partial charge in [0.25, 0.3) is 5.91 Å². The van der Waals surface area contributed by atoms with Crippen molar-refractivity contribution >= 4 is 27.3 Å². The maximum atomic E-state index is 14.3. The first-order valence-electron chi connectivity index (χ1n) is 8.38. The first kappa shape index (κ1) is 23.3. The van der Waals surface area contributed by atoms with Gasteiger partial charge in [-0.15, -0.1) is 0 Å². The number of alkyl halides is 3. The summed E-state index contributed by atoms with van der Waals surface area (Å²) in [7, 11) is -3.55. The molecule has 0 aliphatic carbocycles. The van der Waals surface area contributed by atoms with Gasteiger partial charge in [-0.25, -0.2) is 12.8 Å². The number of aliphatic imine (C=N–C) groups is 1. The van der Waals surface area contributed by atoms with Crippen LogP contribution in [-0.2, 0) is 16.0 Å². The topological polar surface area (TPSA) is 115 Å². The molecule has 0 spiro atoms. The molecule has 0 aliphatic heterocycles. The van der Waals surface area contributed by atoms with E-state index >= 15 is 0 Å². The minimum Gasteiger partial charge on any atom is -0.388 e. The molecule has 0 saturated heterocycles. The molecular weight excluding hydrogens is 428 g/mol. The van der Waals surface area contributed by atoms with E-state index in [4.69, 9.17) is 5.73 Å². The van der Waals surface area contributed by atoms with Crippen LogP contribution in [0.4, 0.5) is 23.2 Å². The summed E-state index contributed by atoms with van der Waals surface area (Å²) in [6.45, 7) is 1.41. The van der Waals surface area contributed by atoms with Crippen molar-refractivity contribution in [2.24, 2.45) is 10.7 Å². The molecule has 7 nitrogen and oxygen atoms in total. The molecule has 1 atom stereocenters. The Kier molecular flexibility index (Phi) is 6.80. The minimum absolute atomic E-state index is 0.0337. The number of nitrogens with zero attached hydrogens (tertiary/aromatic N) is 2. The zero-order chi connectivity index (χ0) is 22.7. The standard InChI is InChI=1S/C18H18F4N4O3S/c1-10(23)25-16(9-30(2,28)29)13-7-12(4-5-14(13)19)26-17(27)15-6-3-11(8-24-15)18(20,21)22/h3-8,16H,9H2,1-2H3,(H2,23,25)(H,26,27). The molecule has 1 heterocycles. The van der Waals surface area contributed by atoms with Gasteiger partial charge in [-0.1, -0.05) is 0 Å². The van der Waals surface area contributed by atoms with Crippen LogP contribution in [0.3, 0.4) is 0 Å². The number of sulfone groups is 1. The number of amides is 1. The fourth-order valence-corrected chi connectivity index (χ4v) is 3.32. The van der Waals surface area contributed by atoms with Crippen LogP contribution in [0.5, 0.6) is 0 Å². The van der Waals surface area contributed by atoms with Crippen molar-refractivity contribution in [3.63, 3.8) is 0 Å². The van der Waals surface area contributed by atoms with Gasteiger partial charge < -0.3 is 11.1 Å². The van der Waals surface area contributed by atoms with E-state index in [1.54, 1.807) is 0 Å². The first-order valence-corrected chi connectivity index (χ1v) is 10.4. The van der Waals surface area contributed by atoms with Crippen LogP contribution < -0.4 is 11.1 Å². The third-order valence-corrected chi connectivity index (χ3v) is 4.68. The largest absolute Gasteiger partial charge is 0.417 e. The van der Waals surface area contributed by atoms with Crippen molar-refractivity contribution in [1.82, 2.24) is 4.98 Å². The monoisotopic (exact) mass is 446 g/mol. The van der Waals surface area contributed by atoms with E-state index in [1.807, 2.05) is 0 Å². The van der Waals surface area contributed by atoms with Crippen LogP contribution in [0.1, 0.15) is 34.6 Å². The van der Waals surface area contributed by atoms with Gasteiger partial charge in [0.2, 0.25) is 0 Å². The number of carbonyl (C=O) groups excluding carboxylic acids is 1. The third kappa shape index (κ3) is 6.51. The molecule has 12 heteroatoms. The Morgan fingerprint density at radius 1 is 1.27 bits per heavy atom. The van der Waals surface area contributed by atoms with Crippen LogP contribution in [-0.4, -0.2) is 37.2 Å². The molecule has 1 unspecified atom stereocenters. The van der Waals surface area contributed by atoms with E-state index < -0.39 is 45.1 Å². The van der Waals surface area contributed by atoms with Crippen LogP contribution in [0, 0.1) is 5.82 Å². The Labute approximate surface area is 169 Å². The average Bonchev–Trinajstić information content (AvgIpc) is 2.60. The molecule has 2 rings (SSSR count). The summed E-state index contributed by atoms with van der Waals surface area (Å²) in [4.78, 5) is 19.7. The number of anilines is 1. The molecule has 1 aromatic carbocycles. The molecule has 0 fully saturated rings. The van der Waals surface area contributed by atoms with Crippen LogP contribution in [0.15, 0.2) is 41.5 Å². The van der Waals surface area contributed by atoms with Gasteiger partial charge in [0.15, 0.2) is 0 Å². The van der Waals surface area contributed by atoms with Crippen LogP contribution in [0.2, 0.25) is 0 Å². The second kappa shape index (κ2) is 8.78. The van der Waals surface area contributed by atoms with E-state index in [0.717, 1.165) is 18.4 Å². The van der Waals surface area contributed by atoms with E-state index in [-0.39, 0.29) is 22.8 Å². The summed E-state index contributed by atoms with van der Waals surface area (Å²) >= 11 is 0. The normalized spacial score (nSPS) is 13.7. The van der Waals surface area contributed by atoms with Crippen LogP contribution >= 0.6 is 0 Å². The molecule has 0 radical (unpaired) electrons. The number of hydrogen-bond acceptors (Lipinski definition) is 5. The zero-order valence-corrected chi connectivity index (χ0v) is 16.7. The summed E-state index contributed by atoms with van der Waals surface area (Å²) in [5.74, 6) is -2.08. The highest BCUT2D eigenvalue weighted by Gasteiger charge is 2.31. The maximum Gasteiger partial charge on any atom is 0.417 e. The molecule has 0 aliphatic rings. The van der Waals surface area contributed by atoms with Gasteiger partial charge in [-0.05, 0) is 37.3 Å². The molecule has 3 N–H and O–H groups in total. The summed E-state index contributed by atoms with van der Waals surface area (Å²) in [5, 5.41) is 2.38. The molecule has 1 aromatic heterocycles. The van der Waals surface area contributed by atoms with Crippen LogP contribution in [0.25, 0.3) is 0 Å². The second-order valence-electron chi connectivity index (χ2n) is 6.50. The van der Waals surface area contributed by atoms with Gasteiger partial charge in [-0.2, -0.15) is 13.2 Å². The Balaban J connectivity index is 2.31. The fraction of sp³-hybridized carbons (Fsp3) is 0.278. The summed E-state index contributed by atoms with van der Waals surface area (Å²) in [6.07, 6.45) is -3.11. The maximum absolute atomic E-state index is 14.3. The predicted molar refractivity (Wildman–Crippen MR) is 103 cm³/mol. The van der Waals surface area contributed by atoms with Gasteiger partial charge in [-0.3, -0.25) is 14.8 Å². The summed E-state index contributed by atoms with van der Waals surface area (Å²) in [5.41, 5.74) is 4.15. The Hall–Kier alpha value is -3.02. The third-order valence-electron chi connectivity index (χ3n) is 3.76. The van der Waals surface area contributed by atoms with Gasteiger partial charge >= 0.3 is 6.18 Å². The number of nitrogens with one attached hydrogen (secondary N) is 1. The molecule has 0 saturated carbocycles. The first-order chi connectivity index (χ1) is 13.8. The van der Waals surface area contributed by atoms with Crippen molar-refractivity contribution in [3.8, 4) is 0 Å². The quantitative estimate of drug-likeness (QED) is 0.402. The molecule has 0 bridgehead atoms. The van der Waals surface area contributed by atoms with Crippen molar-refractivity contribution in [2.45, 2.75) is 19.1 Å². The number of nitrogens with two attached hydrogens (primary N) is 1. The van der Waals surface area contributed by atoms with E-state index in [9.17, 15) is 30.8 Å². The van der Waals surface area contributed by atoms with E-state index in [1.165, 1.54) is 19.1 Å². The number of pyridine rings is 1. The Morgan fingerprint density at radius 3 is 2.43 bits per heavy atom. The number of carbonyl (C=O) groups is 1. The van der Waals surface area contributed by atoms with Crippen molar-refractivity contribution in [2.75, 3.05) is 17.3 Å². The van der Waals surface area contributed by atoms with Gasteiger partial charge in [0, 0.05) is 23.7 Å². The molecule has 1 amide bonds. The van der Waals surface area contributed by atoms with Crippen molar-refractivity contribution in [1.29, 1.82) is 0 Å².